The molecule has 31 heavy (non-hydrogen) atoms. The van der Waals surface area contributed by atoms with Crippen LogP contribution in [-0.4, -0.2) is 75.4 Å². The van der Waals surface area contributed by atoms with Crippen molar-refractivity contribution in [2.24, 2.45) is 4.99 Å². The van der Waals surface area contributed by atoms with Gasteiger partial charge in [0.1, 0.15) is 5.82 Å². The lowest BCUT2D eigenvalue weighted by Gasteiger charge is -2.38. The number of morpholine rings is 1. The number of ether oxygens (including phenoxy) is 1. The molecule has 9 heteroatoms. The van der Waals surface area contributed by atoms with Crippen LogP contribution in [0.15, 0.2) is 47.6 Å². The summed E-state index contributed by atoms with van der Waals surface area (Å²) in [4.78, 5) is 16.1. The summed E-state index contributed by atoms with van der Waals surface area (Å²) in [5.74, 6) is 1.96. The normalized spacial score (nSPS) is 17.4. The molecule has 4 rings (SSSR count). The summed E-state index contributed by atoms with van der Waals surface area (Å²) in [5.41, 5.74) is 2.28. The fourth-order valence-electron chi connectivity index (χ4n) is 4.00. The van der Waals surface area contributed by atoms with Gasteiger partial charge in [-0.25, -0.2) is 4.98 Å². The van der Waals surface area contributed by atoms with Gasteiger partial charge in [-0.15, -0.1) is 24.0 Å². The van der Waals surface area contributed by atoms with Gasteiger partial charge in [0.25, 0.3) is 0 Å². The number of rotatable bonds is 4. The SMILES string of the molecule is CN=C(NCc1cccnc1N1CCOCC1)N1CCN(c2ccccc2Cl)CC1.I. The lowest BCUT2D eigenvalue weighted by Crippen LogP contribution is -2.52. The smallest absolute Gasteiger partial charge is 0.194 e. The Balaban J connectivity index is 0.00000272. The number of halogens is 2. The van der Waals surface area contributed by atoms with E-state index in [-0.39, 0.29) is 24.0 Å². The number of piperazine rings is 1. The van der Waals surface area contributed by atoms with E-state index in [2.05, 4.69) is 42.1 Å². The second-order valence-corrected chi connectivity index (χ2v) is 7.82. The maximum atomic E-state index is 6.37. The van der Waals surface area contributed by atoms with E-state index in [0.717, 1.165) is 75.0 Å². The van der Waals surface area contributed by atoms with Crippen LogP contribution in [0.25, 0.3) is 0 Å². The molecular formula is C22H30ClIN6O. The largest absolute Gasteiger partial charge is 0.378 e. The molecule has 0 unspecified atom stereocenters. The predicted octanol–water partition coefficient (Wildman–Crippen LogP) is 3.09. The first-order valence-electron chi connectivity index (χ1n) is 10.5. The average molecular weight is 557 g/mol. The molecule has 0 spiro atoms. The molecule has 168 valence electrons. The van der Waals surface area contributed by atoms with E-state index in [1.807, 2.05) is 37.5 Å². The van der Waals surface area contributed by atoms with Crippen LogP contribution in [0.5, 0.6) is 0 Å². The average Bonchev–Trinajstić information content (AvgIpc) is 2.81. The van der Waals surface area contributed by atoms with E-state index >= 15 is 0 Å². The minimum absolute atomic E-state index is 0. The van der Waals surface area contributed by atoms with E-state index in [4.69, 9.17) is 16.3 Å². The summed E-state index contributed by atoms with van der Waals surface area (Å²) >= 11 is 6.37. The molecule has 2 aliphatic rings. The molecule has 1 aromatic heterocycles. The Hall–Kier alpha value is -1.78. The molecule has 0 bridgehead atoms. The summed E-state index contributed by atoms with van der Waals surface area (Å²) in [6, 6.07) is 12.2. The van der Waals surface area contributed by atoms with Gasteiger partial charge < -0.3 is 24.8 Å². The molecule has 0 saturated carbocycles. The standard InChI is InChI=1S/C22H29ClN6O.HI/c1-24-22(29-11-9-27(10-12-29)20-7-3-2-6-19(20)23)26-17-18-5-4-8-25-21(18)28-13-15-30-16-14-28;/h2-8H,9-17H2,1H3,(H,24,26);1H. The second kappa shape index (κ2) is 11.7. The number of benzene rings is 1. The Kier molecular flexibility index (Phi) is 9.03. The quantitative estimate of drug-likeness (QED) is 0.355. The third-order valence-corrected chi connectivity index (χ3v) is 5.92. The van der Waals surface area contributed by atoms with E-state index in [9.17, 15) is 0 Å². The monoisotopic (exact) mass is 556 g/mol. The van der Waals surface area contributed by atoms with Crippen molar-refractivity contribution in [3.05, 3.63) is 53.2 Å². The van der Waals surface area contributed by atoms with Crippen molar-refractivity contribution in [1.82, 2.24) is 15.2 Å². The molecule has 0 atom stereocenters. The Labute approximate surface area is 206 Å². The first-order valence-corrected chi connectivity index (χ1v) is 10.9. The summed E-state index contributed by atoms with van der Waals surface area (Å²) in [6.45, 7) is 7.57. The van der Waals surface area contributed by atoms with Gasteiger partial charge in [-0.1, -0.05) is 29.8 Å². The molecule has 2 fully saturated rings. The second-order valence-electron chi connectivity index (χ2n) is 7.41. The first-order chi connectivity index (χ1) is 14.8. The van der Waals surface area contributed by atoms with Gasteiger partial charge in [-0.05, 0) is 18.2 Å². The molecule has 2 saturated heterocycles. The van der Waals surface area contributed by atoms with Crippen LogP contribution in [0.1, 0.15) is 5.56 Å². The highest BCUT2D eigenvalue weighted by atomic mass is 127. The van der Waals surface area contributed by atoms with Gasteiger partial charge in [-0.2, -0.15) is 0 Å². The van der Waals surface area contributed by atoms with Crippen molar-refractivity contribution in [3.63, 3.8) is 0 Å². The number of nitrogens with zero attached hydrogens (tertiary/aromatic N) is 5. The summed E-state index contributed by atoms with van der Waals surface area (Å²) in [6.07, 6.45) is 1.86. The summed E-state index contributed by atoms with van der Waals surface area (Å²) in [5, 5.41) is 4.34. The molecule has 0 amide bonds. The highest BCUT2D eigenvalue weighted by Gasteiger charge is 2.22. The number of guanidine groups is 1. The van der Waals surface area contributed by atoms with E-state index < -0.39 is 0 Å². The fraction of sp³-hybridized carbons (Fsp3) is 0.455. The van der Waals surface area contributed by atoms with Crippen LogP contribution < -0.4 is 15.1 Å². The summed E-state index contributed by atoms with van der Waals surface area (Å²) in [7, 11) is 1.84. The minimum atomic E-state index is 0. The Morgan fingerprint density at radius 2 is 1.77 bits per heavy atom. The number of aliphatic imine (C=N–C) groups is 1. The van der Waals surface area contributed by atoms with Gasteiger partial charge in [-0.3, -0.25) is 4.99 Å². The number of anilines is 2. The number of hydrogen-bond acceptors (Lipinski definition) is 5. The lowest BCUT2D eigenvalue weighted by atomic mass is 10.2. The van der Waals surface area contributed by atoms with Crippen molar-refractivity contribution in [3.8, 4) is 0 Å². The van der Waals surface area contributed by atoms with Gasteiger partial charge in [0.2, 0.25) is 0 Å². The van der Waals surface area contributed by atoms with Crippen LogP contribution in [0, 0.1) is 0 Å². The molecule has 0 aliphatic carbocycles. The molecular weight excluding hydrogens is 527 g/mol. The van der Waals surface area contributed by atoms with Gasteiger partial charge in [0.15, 0.2) is 5.96 Å². The zero-order valence-electron chi connectivity index (χ0n) is 17.8. The number of hydrogen-bond donors (Lipinski definition) is 1. The van der Waals surface area contributed by atoms with E-state index in [0.29, 0.717) is 6.54 Å². The predicted molar refractivity (Wildman–Crippen MR) is 138 cm³/mol. The van der Waals surface area contributed by atoms with Gasteiger partial charge in [0, 0.05) is 64.6 Å². The van der Waals surface area contributed by atoms with Crippen LogP contribution in [0.2, 0.25) is 5.02 Å². The van der Waals surface area contributed by atoms with Gasteiger partial charge >= 0.3 is 0 Å². The highest BCUT2D eigenvalue weighted by molar-refractivity contribution is 14.0. The molecule has 2 aromatic rings. The van der Waals surface area contributed by atoms with Crippen molar-refractivity contribution < 1.29 is 4.74 Å². The zero-order valence-corrected chi connectivity index (χ0v) is 20.9. The molecule has 1 aromatic carbocycles. The number of nitrogens with one attached hydrogen (secondary N) is 1. The van der Waals surface area contributed by atoms with Crippen LogP contribution in [-0.2, 0) is 11.3 Å². The molecule has 2 aliphatic heterocycles. The van der Waals surface area contributed by atoms with Crippen LogP contribution in [0.3, 0.4) is 0 Å². The fourth-order valence-corrected chi connectivity index (χ4v) is 4.26. The maximum Gasteiger partial charge on any atom is 0.194 e. The van der Waals surface area contributed by atoms with Crippen molar-refractivity contribution in [2.75, 3.05) is 69.3 Å². The Morgan fingerprint density at radius 1 is 1.03 bits per heavy atom. The van der Waals surface area contributed by atoms with Crippen LogP contribution in [0.4, 0.5) is 11.5 Å². The third kappa shape index (κ3) is 5.93. The third-order valence-electron chi connectivity index (χ3n) is 5.60. The number of aromatic nitrogens is 1. The van der Waals surface area contributed by atoms with Crippen molar-refractivity contribution in [1.29, 1.82) is 0 Å². The number of pyridine rings is 1. The summed E-state index contributed by atoms with van der Waals surface area (Å²) < 4.78 is 5.48. The molecule has 0 radical (unpaired) electrons. The topological polar surface area (TPSA) is 56.2 Å². The van der Waals surface area contributed by atoms with Crippen molar-refractivity contribution >= 4 is 53.0 Å². The first kappa shape index (κ1) is 23.9. The van der Waals surface area contributed by atoms with Crippen LogP contribution >= 0.6 is 35.6 Å². The highest BCUT2D eigenvalue weighted by Crippen LogP contribution is 2.26. The minimum Gasteiger partial charge on any atom is -0.378 e. The van der Waals surface area contributed by atoms with Crippen molar-refractivity contribution in [2.45, 2.75) is 6.54 Å². The van der Waals surface area contributed by atoms with E-state index in [1.165, 1.54) is 5.56 Å². The van der Waals surface area contributed by atoms with E-state index in [1.54, 1.807) is 0 Å². The number of para-hydroxylation sites is 1. The maximum absolute atomic E-state index is 6.37. The molecule has 3 heterocycles. The lowest BCUT2D eigenvalue weighted by molar-refractivity contribution is 0.122. The molecule has 7 nitrogen and oxygen atoms in total. The van der Waals surface area contributed by atoms with Gasteiger partial charge in [0.05, 0.1) is 23.9 Å². The Bertz CT molecular complexity index is 869. The Morgan fingerprint density at radius 3 is 2.48 bits per heavy atom. The zero-order chi connectivity index (χ0) is 20.8. The molecule has 1 N–H and O–H groups in total.